The zero-order valence-corrected chi connectivity index (χ0v) is 5.49. The van der Waals surface area contributed by atoms with Crippen LogP contribution in [-0.2, 0) is 0 Å². The van der Waals surface area contributed by atoms with Gasteiger partial charge in [-0.15, -0.1) is 0 Å². The number of thiol groups is 1. The normalized spacial score (nSPS) is 34.3. The lowest BCUT2D eigenvalue weighted by atomic mass is 10.2. The van der Waals surface area contributed by atoms with E-state index in [0.29, 0.717) is 0 Å². The summed E-state index contributed by atoms with van der Waals surface area (Å²) in [5.74, 6) is 0.873. The van der Waals surface area contributed by atoms with Crippen LogP contribution in [0, 0.1) is 5.92 Å². The van der Waals surface area contributed by atoms with Crippen LogP contribution in [0.5, 0.6) is 0 Å². The van der Waals surface area contributed by atoms with Crippen molar-refractivity contribution in [1.82, 2.24) is 4.31 Å². The Labute approximate surface area is 50.2 Å². The summed E-state index contributed by atoms with van der Waals surface area (Å²) in [6.45, 7) is 4.60. The highest BCUT2D eigenvalue weighted by molar-refractivity contribution is 7.77. The number of nitrogens with zero attached hydrogens (tertiary/aromatic N) is 1. The molecule has 42 valence electrons. The Bertz CT molecular complexity index is 57.1. The highest BCUT2D eigenvalue weighted by atomic mass is 32.1. The zero-order chi connectivity index (χ0) is 5.28. The molecule has 1 aliphatic heterocycles. The van der Waals surface area contributed by atoms with Crippen molar-refractivity contribution in [2.24, 2.45) is 5.92 Å². The Morgan fingerprint density at radius 2 is 2.43 bits per heavy atom. The molecule has 1 heterocycles. The maximum atomic E-state index is 4.19. The fourth-order valence-corrected chi connectivity index (χ4v) is 1.31. The number of rotatable bonds is 0. The molecule has 0 aromatic heterocycles. The van der Waals surface area contributed by atoms with Crippen LogP contribution in [0.4, 0.5) is 0 Å². The van der Waals surface area contributed by atoms with Gasteiger partial charge in [0.25, 0.3) is 0 Å². The van der Waals surface area contributed by atoms with Crippen LogP contribution < -0.4 is 0 Å². The van der Waals surface area contributed by atoms with Crippen LogP contribution in [0.2, 0.25) is 0 Å². The van der Waals surface area contributed by atoms with Crippen molar-refractivity contribution >= 4 is 12.8 Å². The average molecular weight is 117 g/mol. The van der Waals surface area contributed by atoms with Gasteiger partial charge in [0.15, 0.2) is 0 Å². The fourth-order valence-electron chi connectivity index (χ4n) is 0.912. The summed E-state index contributed by atoms with van der Waals surface area (Å²) in [5, 5.41) is 0. The zero-order valence-electron chi connectivity index (χ0n) is 4.59. The van der Waals surface area contributed by atoms with E-state index in [2.05, 4.69) is 24.0 Å². The van der Waals surface area contributed by atoms with E-state index in [1.807, 2.05) is 0 Å². The second-order valence-corrected chi connectivity index (χ2v) is 2.87. The van der Waals surface area contributed by atoms with E-state index in [4.69, 9.17) is 0 Å². The molecule has 1 rings (SSSR count). The molecule has 0 bridgehead atoms. The highest BCUT2D eigenvalue weighted by Crippen LogP contribution is 2.15. The molecule has 7 heavy (non-hydrogen) atoms. The molecule has 0 N–H and O–H groups in total. The minimum atomic E-state index is 0.873. The number of hydrogen-bond acceptors (Lipinski definition) is 2. The smallest absolute Gasteiger partial charge is 0.0113 e. The highest BCUT2D eigenvalue weighted by Gasteiger charge is 2.14. The van der Waals surface area contributed by atoms with Crippen LogP contribution in [0.3, 0.4) is 0 Å². The lowest BCUT2D eigenvalue weighted by molar-refractivity contribution is 0.555. The Balaban J connectivity index is 2.26. The van der Waals surface area contributed by atoms with E-state index in [0.717, 1.165) is 5.92 Å². The standard InChI is InChI=1S/C5H11NS/c1-5-2-3-6(7)4-5/h5,7H,2-4H2,1H3. The molecule has 0 radical (unpaired) electrons. The topological polar surface area (TPSA) is 3.24 Å². The van der Waals surface area contributed by atoms with Crippen molar-refractivity contribution in [3.8, 4) is 0 Å². The molecule has 1 saturated heterocycles. The van der Waals surface area contributed by atoms with Gasteiger partial charge in [0.1, 0.15) is 0 Å². The molecule has 0 aromatic rings. The minimum absolute atomic E-state index is 0.873. The SMILES string of the molecule is CC1CCN(S)C1. The lowest BCUT2D eigenvalue weighted by Gasteiger charge is -2.01. The monoisotopic (exact) mass is 117 g/mol. The largest absolute Gasteiger partial charge is 0.253 e. The van der Waals surface area contributed by atoms with E-state index in [-0.39, 0.29) is 0 Å². The average Bonchev–Trinajstić information content (AvgIpc) is 1.87. The van der Waals surface area contributed by atoms with E-state index < -0.39 is 0 Å². The van der Waals surface area contributed by atoms with Crippen LogP contribution in [0.15, 0.2) is 0 Å². The van der Waals surface area contributed by atoms with Crippen LogP contribution >= 0.6 is 12.8 Å². The maximum absolute atomic E-state index is 4.19. The molecule has 1 unspecified atom stereocenters. The Kier molecular flexibility index (Phi) is 1.60. The van der Waals surface area contributed by atoms with Gasteiger partial charge in [0, 0.05) is 13.1 Å². The van der Waals surface area contributed by atoms with E-state index >= 15 is 0 Å². The quantitative estimate of drug-likeness (QED) is 0.466. The minimum Gasteiger partial charge on any atom is -0.253 e. The van der Waals surface area contributed by atoms with Gasteiger partial charge in [-0.05, 0) is 12.3 Å². The predicted molar refractivity (Wildman–Crippen MR) is 34.3 cm³/mol. The van der Waals surface area contributed by atoms with Crippen LogP contribution in [0.1, 0.15) is 13.3 Å². The van der Waals surface area contributed by atoms with Gasteiger partial charge in [0.05, 0.1) is 0 Å². The molecular weight excluding hydrogens is 106 g/mol. The Morgan fingerprint density at radius 1 is 1.71 bits per heavy atom. The number of hydrogen-bond donors (Lipinski definition) is 1. The van der Waals surface area contributed by atoms with E-state index in [9.17, 15) is 0 Å². The fraction of sp³-hybridized carbons (Fsp3) is 1.00. The van der Waals surface area contributed by atoms with Crippen LogP contribution in [0.25, 0.3) is 0 Å². The van der Waals surface area contributed by atoms with Crippen molar-refractivity contribution in [3.63, 3.8) is 0 Å². The second kappa shape index (κ2) is 2.05. The third-order valence-corrected chi connectivity index (χ3v) is 1.77. The van der Waals surface area contributed by atoms with Crippen molar-refractivity contribution in [2.75, 3.05) is 13.1 Å². The van der Waals surface area contributed by atoms with Crippen molar-refractivity contribution in [2.45, 2.75) is 13.3 Å². The third-order valence-electron chi connectivity index (χ3n) is 1.40. The lowest BCUT2D eigenvalue weighted by Crippen LogP contribution is -2.05. The molecule has 0 saturated carbocycles. The first-order valence-electron chi connectivity index (χ1n) is 2.73. The molecular formula is C5H11NS. The van der Waals surface area contributed by atoms with Gasteiger partial charge >= 0.3 is 0 Å². The van der Waals surface area contributed by atoms with Gasteiger partial charge in [-0.2, -0.15) is 0 Å². The van der Waals surface area contributed by atoms with Crippen LogP contribution in [-0.4, -0.2) is 17.4 Å². The van der Waals surface area contributed by atoms with Gasteiger partial charge in [-0.3, -0.25) is 4.31 Å². The summed E-state index contributed by atoms with van der Waals surface area (Å²) in [6.07, 6.45) is 1.32. The maximum Gasteiger partial charge on any atom is 0.0113 e. The summed E-state index contributed by atoms with van der Waals surface area (Å²) in [5.41, 5.74) is 0. The van der Waals surface area contributed by atoms with Crippen molar-refractivity contribution in [3.05, 3.63) is 0 Å². The summed E-state index contributed by atoms with van der Waals surface area (Å²) in [4.78, 5) is 0. The molecule has 0 aromatic carbocycles. The summed E-state index contributed by atoms with van der Waals surface area (Å²) < 4.78 is 2.07. The second-order valence-electron chi connectivity index (χ2n) is 2.31. The van der Waals surface area contributed by atoms with Gasteiger partial charge in [-0.25, -0.2) is 0 Å². The molecule has 0 spiro atoms. The molecule has 1 fully saturated rings. The van der Waals surface area contributed by atoms with E-state index in [1.54, 1.807) is 0 Å². The van der Waals surface area contributed by atoms with Crippen molar-refractivity contribution < 1.29 is 0 Å². The predicted octanol–water partition coefficient (Wildman–Crippen LogP) is 1.17. The summed E-state index contributed by atoms with van der Waals surface area (Å²) >= 11 is 4.19. The first kappa shape index (κ1) is 5.45. The van der Waals surface area contributed by atoms with Crippen molar-refractivity contribution in [1.29, 1.82) is 0 Å². The molecule has 0 aliphatic carbocycles. The van der Waals surface area contributed by atoms with Gasteiger partial charge in [-0.1, -0.05) is 19.7 Å². The first-order valence-corrected chi connectivity index (χ1v) is 3.13. The Hall–Kier alpha value is 0.310. The first-order chi connectivity index (χ1) is 3.29. The third kappa shape index (κ3) is 1.35. The summed E-state index contributed by atoms with van der Waals surface area (Å²) in [6, 6.07) is 0. The molecule has 2 heteroatoms. The van der Waals surface area contributed by atoms with Gasteiger partial charge in [0.2, 0.25) is 0 Å². The molecule has 1 nitrogen and oxygen atoms in total. The molecule has 1 atom stereocenters. The molecule has 0 amide bonds. The van der Waals surface area contributed by atoms with E-state index in [1.165, 1.54) is 19.5 Å². The van der Waals surface area contributed by atoms with Gasteiger partial charge < -0.3 is 0 Å². The molecule has 1 aliphatic rings. The Morgan fingerprint density at radius 3 is 2.57 bits per heavy atom. The summed E-state index contributed by atoms with van der Waals surface area (Å²) in [7, 11) is 0.